The van der Waals surface area contributed by atoms with Gasteiger partial charge in [0.25, 0.3) is 0 Å². The molecule has 0 amide bonds. The molecule has 0 fully saturated rings. The highest BCUT2D eigenvalue weighted by Gasteiger charge is 2.36. The number of aliphatic hydroxyl groups is 1. The van der Waals surface area contributed by atoms with Gasteiger partial charge in [-0.05, 0) is 51.3 Å². The molecule has 0 aromatic heterocycles. The third-order valence-corrected chi connectivity index (χ3v) is 3.63. The molecule has 2 N–H and O–H groups in total. The molecule has 21 heavy (non-hydrogen) atoms. The molecule has 5 nitrogen and oxygen atoms in total. The van der Waals surface area contributed by atoms with Gasteiger partial charge in [-0.2, -0.15) is 0 Å². The van der Waals surface area contributed by atoms with Crippen LogP contribution in [0.3, 0.4) is 0 Å². The second-order valence-electron chi connectivity index (χ2n) is 5.45. The van der Waals surface area contributed by atoms with Gasteiger partial charge >= 0.3 is 5.97 Å². The minimum absolute atomic E-state index is 0.325. The van der Waals surface area contributed by atoms with Crippen LogP contribution in [0.25, 0.3) is 0 Å². The van der Waals surface area contributed by atoms with Crippen LogP contribution in [0.5, 0.6) is 5.75 Å². The number of benzene rings is 1. The maximum absolute atomic E-state index is 11.5. The van der Waals surface area contributed by atoms with Crippen molar-refractivity contribution < 1.29 is 24.5 Å². The molecule has 1 aromatic rings. The van der Waals surface area contributed by atoms with Crippen LogP contribution in [0.15, 0.2) is 24.3 Å². The number of rotatable bonds is 8. The van der Waals surface area contributed by atoms with E-state index in [1.165, 1.54) is 6.92 Å². The molecule has 0 spiro atoms. The fraction of sp³-hybridized carbons (Fsp3) is 0.562. The molecule has 3 atom stereocenters. The molecule has 0 heterocycles. The minimum Gasteiger partial charge on any atom is -0.497 e. The first-order chi connectivity index (χ1) is 9.78. The molecular weight excluding hydrogens is 272 g/mol. The topological polar surface area (TPSA) is 76.0 Å². The Bertz CT molecular complexity index is 454. The molecule has 0 bridgehead atoms. The number of hydrogen-bond donors (Lipinski definition) is 2. The Labute approximate surface area is 125 Å². The Balaban J connectivity index is 2.71. The molecule has 1 aromatic carbocycles. The van der Waals surface area contributed by atoms with E-state index in [9.17, 15) is 15.0 Å². The van der Waals surface area contributed by atoms with Gasteiger partial charge in [0.05, 0.1) is 19.3 Å². The smallest absolute Gasteiger partial charge is 0.335 e. The maximum Gasteiger partial charge on any atom is 0.335 e. The van der Waals surface area contributed by atoms with Gasteiger partial charge in [-0.1, -0.05) is 12.1 Å². The molecule has 0 aliphatic carbocycles. The van der Waals surface area contributed by atoms with E-state index in [2.05, 4.69) is 0 Å². The highest BCUT2D eigenvalue weighted by Crippen LogP contribution is 2.23. The summed E-state index contributed by atoms with van der Waals surface area (Å²) >= 11 is 0. The van der Waals surface area contributed by atoms with E-state index >= 15 is 0 Å². The van der Waals surface area contributed by atoms with Crippen LogP contribution in [-0.2, 0) is 16.0 Å². The van der Waals surface area contributed by atoms with Crippen LogP contribution in [0.2, 0.25) is 0 Å². The Morgan fingerprint density at radius 1 is 1.29 bits per heavy atom. The number of aliphatic hydroxyl groups excluding tert-OH is 1. The van der Waals surface area contributed by atoms with Crippen LogP contribution < -0.4 is 4.74 Å². The average Bonchev–Trinajstić information content (AvgIpc) is 2.45. The first kappa shape index (κ1) is 17.5. The Morgan fingerprint density at radius 3 is 2.29 bits per heavy atom. The molecule has 3 unspecified atom stereocenters. The summed E-state index contributed by atoms with van der Waals surface area (Å²) in [7, 11) is 1.60. The van der Waals surface area contributed by atoms with Crippen LogP contribution in [0.4, 0.5) is 0 Å². The lowest BCUT2D eigenvalue weighted by Crippen LogP contribution is -2.44. The van der Waals surface area contributed by atoms with E-state index < -0.39 is 23.8 Å². The van der Waals surface area contributed by atoms with Gasteiger partial charge in [-0.15, -0.1) is 0 Å². The molecule has 1 rings (SSSR count). The lowest BCUT2D eigenvalue weighted by Gasteiger charge is -2.30. The van der Waals surface area contributed by atoms with Gasteiger partial charge in [0, 0.05) is 0 Å². The quantitative estimate of drug-likeness (QED) is 0.769. The van der Waals surface area contributed by atoms with Crippen molar-refractivity contribution in [3.8, 4) is 5.75 Å². The molecule has 0 aliphatic heterocycles. The zero-order valence-electron chi connectivity index (χ0n) is 13.0. The van der Waals surface area contributed by atoms with Crippen LogP contribution >= 0.6 is 0 Å². The highest BCUT2D eigenvalue weighted by atomic mass is 16.5. The summed E-state index contributed by atoms with van der Waals surface area (Å²) in [5, 5.41) is 18.9. The minimum atomic E-state index is -1.32. The molecule has 0 saturated carbocycles. The van der Waals surface area contributed by atoms with Gasteiger partial charge in [-0.25, -0.2) is 4.79 Å². The molecule has 5 heteroatoms. The molecule has 0 saturated heterocycles. The summed E-state index contributed by atoms with van der Waals surface area (Å²) in [4.78, 5) is 11.5. The summed E-state index contributed by atoms with van der Waals surface area (Å²) < 4.78 is 10.6. The zero-order valence-corrected chi connectivity index (χ0v) is 13.0. The monoisotopic (exact) mass is 296 g/mol. The molecular formula is C16H24O5. The first-order valence-corrected chi connectivity index (χ1v) is 7.00. The fourth-order valence-corrected chi connectivity index (χ4v) is 1.90. The largest absolute Gasteiger partial charge is 0.497 e. The summed E-state index contributed by atoms with van der Waals surface area (Å²) in [6.45, 7) is 4.79. The van der Waals surface area contributed by atoms with Crippen LogP contribution in [0.1, 0.15) is 32.8 Å². The fourth-order valence-electron chi connectivity index (χ4n) is 1.90. The third kappa shape index (κ3) is 5.02. The highest BCUT2D eigenvalue weighted by molar-refractivity contribution is 5.76. The van der Waals surface area contributed by atoms with Crippen molar-refractivity contribution in [1.82, 2.24) is 0 Å². The van der Waals surface area contributed by atoms with E-state index in [-0.39, 0.29) is 0 Å². The summed E-state index contributed by atoms with van der Waals surface area (Å²) in [6.07, 6.45) is -0.364. The van der Waals surface area contributed by atoms with Gasteiger partial charge in [0.2, 0.25) is 0 Å². The van der Waals surface area contributed by atoms with E-state index in [0.717, 1.165) is 11.3 Å². The number of aliphatic carboxylic acids is 1. The Morgan fingerprint density at radius 2 is 1.86 bits per heavy atom. The van der Waals surface area contributed by atoms with Crippen molar-refractivity contribution >= 4 is 5.97 Å². The summed E-state index contributed by atoms with van der Waals surface area (Å²) in [6, 6.07) is 7.48. The summed E-state index contributed by atoms with van der Waals surface area (Å²) in [5.41, 5.74) is -0.312. The summed E-state index contributed by atoms with van der Waals surface area (Å²) in [5.74, 6) is -0.262. The van der Waals surface area contributed by atoms with Crippen molar-refractivity contribution in [1.29, 1.82) is 0 Å². The number of aryl methyl sites for hydroxylation is 1. The average molecular weight is 296 g/mol. The Hall–Kier alpha value is -1.59. The predicted molar refractivity (Wildman–Crippen MR) is 79.6 cm³/mol. The van der Waals surface area contributed by atoms with Gasteiger partial charge in [0.15, 0.2) is 5.60 Å². The second-order valence-corrected chi connectivity index (χ2v) is 5.45. The number of carbonyl (C=O) groups is 1. The standard InChI is InChI=1S/C16H24O5/c1-11(17)12(2)21-16(3,15(18)19)10-9-13-5-7-14(20-4)8-6-13/h5-8,11-12,17H,9-10H2,1-4H3,(H,18,19). The van der Waals surface area contributed by atoms with Gasteiger partial charge in [-0.3, -0.25) is 0 Å². The lowest BCUT2D eigenvalue weighted by molar-refractivity contribution is -0.177. The van der Waals surface area contributed by atoms with E-state index in [1.54, 1.807) is 21.0 Å². The van der Waals surface area contributed by atoms with Crippen molar-refractivity contribution in [3.63, 3.8) is 0 Å². The lowest BCUT2D eigenvalue weighted by atomic mass is 9.96. The number of ether oxygens (including phenoxy) is 2. The SMILES string of the molecule is COc1ccc(CCC(C)(OC(C)C(C)O)C(=O)O)cc1. The van der Waals surface area contributed by atoms with E-state index in [4.69, 9.17) is 9.47 Å². The van der Waals surface area contributed by atoms with Gasteiger partial charge in [0.1, 0.15) is 5.75 Å². The second kappa shape index (κ2) is 7.43. The van der Waals surface area contributed by atoms with Crippen LogP contribution in [-0.4, -0.2) is 41.1 Å². The zero-order chi connectivity index (χ0) is 16.0. The maximum atomic E-state index is 11.5. The van der Waals surface area contributed by atoms with Crippen molar-refractivity contribution in [3.05, 3.63) is 29.8 Å². The molecule has 0 radical (unpaired) electrons. The number of carboxylic acid groups (broad SMARTS) is 1. The molecule has 0 aliphatic rings. The van der Waals surface area contributed by atoms with Crippen molar-refractivity contribution in [2.75, 3.05) is 7.11 Å². The van der Waals surface area contributed by atoms with Crippen molar-refractivity contribution in [2.45, 2.75) is 51.4 Å². The normalized spacial score (nSPS) is 16.8. The third-order valence-electron chi connectivity index (χ3n) is 3.63. The van der Waals surface area contributed by atoms with Crippen LogP contribution in [0, 0.1) is 0 Å². The number of carboxylic acids is 1. The van der Waals surface area contributed by atoms with E-state index in [0.29, 0.717) is 12.8 Å². The predicted octanol–water partition coefficient (Wildman–Crippen LogP) is 2.26. The number of hydrogen-bond acceptors (Lipinski definition) is 4. The number of methoxy groups -OCH3 is 1. The van der Waals surface area contributed by atoms with Gasteiger partial charge < -0.3 is 19.7 Å². The molecule has 118 valence electrons. The Kier molecular flexibility index (Phi) is 6.18. The van der Waals surface area contributed by atoms with Crippen molar-refractivity contribution in [2.24, 2.45) is 0 Å². The van der Waals surface area contributed by atoms with E-state index in [1.807, 2.05) is 24.3 Å². The first-order valence-electron chi connectivity index (χ1n) is 7.00.